The zero-order valence-corrected chi connectivity index (χ0v) is 22.7. The average molecular weight is 501 g/mol. The van der Waals surface area contributed by atoms with E-state index < -0.39 is 0 Å². The summed E-state index contributed by atoms with van der Waals surface area (Å²) in [6.07, 6.45) is 2.95. The molecule has 0 saturated heterocycles. The molecule has 1 aromatic heterocycles. The van der Waals surface area contributed by atoms with Crippen molar-refractivity contribution >= 4 is 16.8 Å². The molecule has 5 aromatic rings. The van der Waals surface area contributed by atoms with E-state index in [-0.39, 0.29) is 17.4 Å². The number of hydrogen-bond donors (Lipinski definition) is 1. The maximum absolute atomic E-state index is 13.0. The van der Waals surface area contributed by atoms with Crippen molar-refractivity contribution in [1.82, 2.24) is 9.88 Å². The molecular weight excluding hydrogens is 464 g/mol. The number of carbonyl (C=O) groups is 1. The zero-order valence-electron chi connectivity index (χ0n) is 22.7. The van der Waals surface area contributed by atoms with E-state index in [2.05, 4.69) is 117 Å². The average Bonchev–Trinajstić information content (AvgIpc) is 3.34. The number of fused-ring (bicyclic) bond motifs is 1. The Morgan fingerprint density at radius 1 is 0.842 bits per heavy atom. The quantitative estimate of drug-likeness (QED) is 0.239. The highest BCUT2D eigenvalue weighted by atomic mass is 16.1. The summed E-state index contributed by atoms with van der Waals surface area (Å²) in [5, 5.41) is 4.27. The van der Waals surface area contributed by atoms with Gasteiger partial charge in [-0.1, -0.05) is 107 Å². The summed E-state index contributed by atoms with van der Waals surface area (Å²) in [5.74, 6) is -0.0403. The van der Waals surface area contributed by atoms with Gasteiger partial charge in [-0.15, -0.1) is 0 Å². The molecule has 1 N–H and O–H groups in total. The molecule has 0 bridgehead atoms. The fraction of sp³-hybridized carbons (Fsp3) is 0.229. The Balaban J connectivity index is 1.32. The molecular formula is C35H36N2O. The molecule has 1 amide bonds. The molecule has 5 rings (SSSR count). The van der Waals surface area contributed by atoms with Crippen molar-refractivity contribution in [3.8, 4) is 11.1 Å². The maximum Gasteiger partial charge on any atom is 0.251 e. The summed E-state index contributed by atoms with van der Waals surface area (Å²) >= 11 is 0. The Labute approximate surface area is 226 Å². The van der Waals surface area contributed by atoms with E-state index in [1.54, 1.807) is 0 Å². The minimum Gasteiger partial charge on any atom is -0.345 e. The van der Waals surface area contributed by atoms with Crippen LogP contribution in [0.5, 0.6) is 0 Å². The number of amides is 1. The van der Waals surface area contributed by atoms with Crippen molar-refractivity contribution in [2.24, 2.45) is 0 Å². The van der Waals surface area contributed by atoms with E-state index in [9.17, 15) is 4.79 Å². The topological polar surface area (TPSA) is 34.0 Å². The highest BCUT2D eigenvalue weighted by Gasteiger charge is 2.18. The highest BCUT2D eigenvalue weighted by molar-refractivity contribution is 5.98. The monoisotopic (exact) mass is 500 g/mol. The Bertz CT molecular complexity index is 1540. The second kappa shape index (κ2) is 10.7. The normalized spacial score (nSPS) is 12.4. The number of aromatic nitrogens is 1. The lowest BCUT2D eigenvalue weighted by molar-refractivity contribution is 0.0935. The lowest BCUT2D eigenvalue weighted by atomic mass is 9.82. The summed E-state index contributed by atoms with van der Waals surface area (Å²) in [6.45, 7) is 9.66. The first-order chi connectivity index (χ1) is 18.3. The largest absolute Gasteiger partial charge is 0.345 e. The van der Waals surface area contributed by atoms with Gasteiger partial charge in [-0.3, -0.25) is 4.79 Å². The molecule has 3 heteroatoms. The van der Waals surface area contributed by atoms with Gasteiger partial charge >= 0.3 is 0 Å². The number of rotatable bonds is 7. The minimum atomic E-state index is -0.0403. The predicted octanol–water partition coefficient (Wildman–Crippen LogP) is 8.54. The third kappa shape index (κ3) is 5.43. The Morgan fingerprint density at radius 3 is 2.26 bits per heavy atom. The number of nitrogens with zero attached hydrogens (tertiary/aromatic N) is 1. The van der Waals surface area contributed by atoms with Crippen LogP contribution in [0.2, 0.25) is 0 Å². The van der Waals surface area contributed by atoms with E-state index in [0.29, 0.717) is 5.56 Å². The predicted molar refractivity (Wildman–Crippen MR) is 159 cm³/mol. The summed E-state index contributed by atoms with van der Waals surface area (Å²) in [7, 11) is 0. The molecule has 1 atom stereocenters. The minimum absolute atomic E-state index is 0.00216. The molecule has 1 unspecified atom stereocenters. The van der Waals surface area contributed by atoms with Gasteiger partial charge in [0.1, 0.15) is 0 Å². The van der Waals surface area contributed by atoms with Crippen molar-refractivity contribution in [3.63, 3.8) is 0 Å². The fourth-order valence-electron chi connectivity index (χ4n) is 5.20. The number of carbonyl (C=O) groups excluding carboxylic acids is 1. The van der Waals surface area contributed by atoms with Crippen LogP contribution in [-0.2, 0) is 12.0 Å². The third-order valence-corrected chi connectivity index (χ3v) is 7.30. The highest BCUT2D eigenvalue weighted by Crippen LogP contribution is 2.33. The van der Waals surface area contributed by atoms with Crippen molar-refractivity contribution in [2.75, 3.05) is 0 Å². The molecule has 1 heterocycles. The summed E-state index contributed by atoms with van der Waals surface area (Å²) < 4.78 is 2.24. The first-order valence-electron chi connectivity index (χ1n) is 13.5. The van der Waals surface area contributed by atoms with Gasteiger partial charge in [0, 0.05) is 29.2 Å². The lowest BCUT2D eigenvalue weighted by Crippen LogP contribution is -2.28. The molecule has 0 aliphatic carbocycles. The van der Waals surface area contributed by atoms with E-state index >= 15 is 0 Å². The van der Waals surface area contributed by atoms with E-state index in [4.69, 9.17) is 0 Å². The van der Waals surface area contributed by atoms with Gasteiger partial charge in [0.2, 0.25) is 0 Å². The van der Waals surface area contributed by atoms with Crippen LogP contribution in [0.25, 0.3) is 22.0 Å². The van der Waals surface area contributed by atoms with E-state index in [1.165, 1.54) is 22.3 Å². The van der Waals surface area contributed by atoms with Crippen LogP contribution >= 0.6 is 0 Å². The van der Waals surface area contributed by atoms with Gasteiger partial charge in [0.05, 0.1) is 6.04 Å². The fourth-order valence-corrected chi connectivity index (χ4v) is 5.20. The van der Waals surface area contributed by atoms with E-state index in [0.717, 1.165) is 29.4 Å². The second-order valence-corrected chi connectivity index (χ2v) is 11.1. The van der Waals surface area contributed by atoms with Crippen molar-refractivity contribution in [3.05, 3.63) is 132 Å². The Hall–Kier alpha value is -4.11. The Kier molecular flexibility index (Phi) is 7.20. The smallest absolute Gasteiger partial charge is 0.251 e. The SMILES string of the molecule is CCC(NC(=O)c1ccc2c(ccn2Cc2ccc(-c3ccccc3C(C)(C)C)cc2)c1)c1ccccc1. The number of hydrogen-bond acceptors (Lipinski definition) is 1. The summed E-state index contributed by atoms with van der Waals surface area (Å²) in [5.41, 5.74) is 8.17. The molecule has 0 aliphatic rings. The van der Waals surface area contributed by atoms with Crippen molar-refractivity contribution in [1.29, 1.82) is 0 Å². The summed E-state index contributed by atoms with van der Waals surface area (Å²) in [4.78, 5) is 13.0. The number of benzene rings is 4. The van der Waals surface area contributed by atoms with Crippen LogP contribution in [0.15, 0.2) is 109 Å². The van der Waals surface area contributed by atoms with E-state index in [1.807, 2.05) is 30.3 Å². The van der Waals surface area contributed by atoms with Crippen molar-refractivity contribution in [2.45, 2.75) is 52.1 Å². The molecule has 4 aromatic carbocycles. The molecule has 0 aliphatic heterocycles. The van der Waals surface area contributed by atoms with Crippen LogP contribution in [0.4, 0.5) is 0 Å². The van der Waals surface area contributed by atoms with Gasteiger partial charge in [-0.25, -0.2) is 0 Å². The molecule has 0 saturated carbocycles. The van der Waals surface area contributed by atoms with Crippen LogP contribution < -0.4 is 5.32 Å². The molecule has 0 radical (unpaired) electrons. The van der Waals surface area contributed by atoms with Gasteiger partial charge in [-0.2, -0.15) is 0 Å². The summed E-state index contributed by atoms with van der Waals surface area (Å²) in [6, 6.07) is 35.8. The standard InChI is InChI=1S/C35H36N2O/c1-5-32(27-11-7-6-8-12-27)36-34(38)29-19-20-33-28(23-29)21-22-37(33)24-25-15-17-26(18-16-25)30-13-9-10-14-31(30)35(2,3)4/h6-23,32H,5,24H2,1-4H3,(H,36,38). The van der Waals surface area contributed by atoms with Crippen LogP contribution in [0.1, 0.15) is 67.2 Å². The van der Waals surface area contributed by atoms with Crippen molar-refractivity contribution < 1.29 is 4.79 Å². The molecule has 0 fully saturated rings. The maximum atomic E-state index is 13.0. The second-order valence-electron chi connectivity index (χ2n) is 11.1. The third-order valence-electron chi connectivity index (χ3n) is 7.30. The Morgan fingerprint density at radius 2 is 1.55 bits per heavy atom. The molecule has 192 valence electrons. The first kappa shape index (κ1) is 25.5. The van der Waals surface area contributed by atoms with Crippen LogP contribution in [0.3, 0.4) is 0 Å². The van der Waals surface area contributed by atoms with Gasteiger partial charge in [-0.05, 0) is 63.9 Å². The number of nitrogens with one attached hydrogen (secondary N) is 1. The lowest BCUT2D eigenvalue weighted by Gasteiger charge is -2.23. The van der Waals surface area contributed by atoms with Gasteiger partial charge in [0.25, 0.3) is 5.91 Å². The molecule has 0 spiro atoms. The zero-order chi connectivity index (χ0) is 26.7. The van der Waals surface area contributed by atoms with Crippen LogP contribution in [0, 0.1) is 0 Å². The molecule has 38 heavy (non-hydrogen) atoms. The first-order valence-corrected chi connectivity index (χ1v) is 13.5. The molecule has 3 nitrogen and oxygen atoms in total. The van der Waals surface area contributed by atoms with Gasteiger partial charge in [0.15, 0.2) is 0 Å². The van der Waals surface area contributed by atoms with Crippen LogP contribution in [-0.4, -0.2) is 10.5 Å². The van der Waals surface area contributed by atoms with Gasteiger partial charge < -0.3 is 9.88 Å².